The van der Waals surface area contributed by atoms with Crippen molar-refractivity contribution in [2.24, 2.45) is 0 Å². The van der Waals surface area contributed by atoms with Gasteiger partial charge in [-0.25, -0.2) is 17.9 Å². The van der Waals surface area contributed by atoms with Crippen molar-refractivity contribution in [1.29, 1.82) is 0 Å². The quantitative estimate of drug-likeness (QED) is 0.228. The maximum atomic E-state index is 13.7. The number of rotatable bonds is 9. The average Bonchev–Trinajstić information content (AvgIpc) is 3.01. The van der Waals surface area contributed by atoms with Crippen LogP contribution in [0.4, 0.5) is 20.2 Å². The molecule has 0 spiro atoms. The van der Waals surface area contributed by atoms with Crippen molar-refractivity contribution >= 4 is 41.1 Å². The molecule has 1 aliphatic rings. The van der Waals surface area contributed by atoms with E-state index in [1.807, 2.05) is 54.0 Å². The third-order valence-corrected chi connectivity index (χ3v) is 8.06. The molecule has 3 aromatic rings. The molecule has 2 aromatic carbocycles. The Morgan fingerprint density at radius 1 is 1.27 bits per heavy atom. The summed E-state index contributed by atoms with van der Waals surface area (Å²) >= 11 is 3.04. The Bertz CT molecular complexity index is 1240. The topological polar surface area (TPSA) is 65.9 Å². The lowest BCUT2D eigenvalue weighted by Gasteiger charge is -2.30. The average molecular weight is 546 g/mol. The molecule has 1 N–H and O–H groups in total. The number of fused-ring (bicyclic) bond motifs is 1. The van der Waals surface area contributed by atoms with E-state index in [2.05, 4.69) is 16.0 Å². The Kier molecular flexibility index (Phi) is 8.61. The highest BCUT2D eigenvalue weighted by Crippen LogP contribution is 2.46. The van der Waals surface area contributed by atoms with Gasteiger partial charge in [0, 0.05) is 42.7 Å². The molecule has 2 heterocycles. The maximum Gasteiger partial charge on any atom is 0.337 e. The number of aromatic carboxylic acids is 1. The summed E-state index contributed by atoms with van der Waals surface area (Å²) in [6, 6.07) is 15.5. The summed E-state index contributed by atoms with van der Waals surface area (Å²) in [5.74, 6) is -3.15. The minimum atomic E-state index is -2.73. The maximum absolute atomic E-state index is 13.7. The number of likely N-dealkylation sites (N-methyl/N-ethyl adjacent to an activating group) is 1. The van der Waals surface area contributed by atoms with E-state index in [0.29, 0.717) is 24.3 Å². The fourth-order valence-electron chi connectivity index (χ4n) is 4.18. The summed E-state index contributed by atoms with van der Waals surface area (Å²) in [6.45, 7) is 1.60. The number of thioether (sulfide) groups is 1. The van der Waals surface area contributed by atoms with Gasteiger partial charge >= 0.3 is 5.97 Å². The minimum absolute atomic E-state index is 0.0770. The molecule has 6 nitrogen and oxygen atoms in total. The van der Waals surface area contributed by atoms with Crippen LogP contribution in [0.15, 0.2) is 70.7 Å². The highest BCUT2D eigenvalue weighted by Gasteiger charge is 2.31. The number of alkyl halides is 2. The van der Waals surface area contributed by atoms with Crippen LogP contribution in [0.3, 0.4) is 0 Å². The summed E-state index contributed by atoms with van der Waals surface area (Å²) in [6.07, 6.45) is 4.97. The van der Waals surface area contributed by atoms with Gasteiger partial charge in [-0.15, -0.1) is 11.8 Å². The third-order valence-electron chi connectivity index (χ3n) is 6.20. The number of hydrogen-bond acceptors (Lipinski definition) is 7. The van der Waals surface area contributed by atoms with Gasteiger partial charge in [-0.1, -0.05) is 18.2 Å². The molecular weight excluding hydrogens is 516 g/mol. The van der Waals surface area contributed by atoms with Gasteiger partial charge in [0.1, 0.15) is 12.4 Å². The first kappa shape index (κ1) is 27.2. The molecule has 0 aliphatic carbocycles. The summed E-state index contributed by atoms with van der Waals surface area (Å²) < 4.78 is 35.7. The van der Waals surface area contributed by atoms with E-state index in [1.165, 1.54) is 29.9 Å². The monoisotopic (exact) mass is 545 g/mol. The van der Waals surface area contributed by atoms with Gasteiger partial charge in [-0.3, -0.25) is 4.98 Å². The van der Waals surface area contributed by atoms with Crippen molar-refractivity contribution in [3.63, 3.8) is 0 Å². The van der Waals surface area contributed by atoms with Gasteiger partial charge in [0.25, 0.3) is 0 Å². The number of halogens is 2. The molecule has 1 aliphatic heterocycles. The number of carboxylic acid groups (broad SMARTS) is 1. The van der Waals surface area contributed by atoms with E-state index in [1.54, 1.807) is 12.3 Å². The summed E-state index contributed by atoms with van der Waals surface area (Å²) in [7, 11) is 1.93. The second-order valence-corrected chi connectivity index (χ2v) is 11.0. The first-order chi connectivity index (χ1) is 17.7. The molecule has 10 heteroatoms. The molecule has 0 saturated carbocycles. The van der Waals surface area contributed by atoms with Crippen LogP contribution in [0.5, 0.6) is 5.75 Å². The second-order valence-electron chi connectivity index (χ2n) is 8.94. The normalized spacial score (nSPS) is 16.2. The van der Waals surface area contributed by atoms with Crippen LogP contribution in [0.25, 0.3) is 0 Å². The molecule has 0 radical (unpaired) electrons. The number of para-hydroxylation sites is 1. The fourth-order valence-corrected chi connectivity index (χ4v) is 5.79. The molecule has 0 saturated heterocycles. The van der Waals surface area contributed by atoms with E-state index >= 15 is 0 Å². The minimum Gasteiger partial charge on any atom is -0.488 e. The highest BCUT2D eigenvalue weighted by molar-refractivity contribution is 7.98. The number of hydrogen-bond donors (Lipinski definition) is 1. The zero-order valence-corrected chi connectivity index (χ0v) is 22.5. The predicted octanol–water partition coefficient (Wildman–Crippen LogP) is 6.98. The first-order valence-corrected chi connectivity index (χ1v) is 13.8. The van der Waals surface area contributed by atoms with Gasteiger partial charge in [0.15, 0.2) is 0 Å². The number of nitrogens with zero attached hydrogens (tertiary/aromatic N) is 3. The van der Waals surface area contributed by atoms with Crippen LogP contribution in [0, 0.1) is 0 Å². The van der Waals surface area contributed by atoms with Crippen molar-refractivity contribution in [3.05, 3.63) is 72.1 Å². The Morgan fingerprint density at radius 3 is 2.70 bits per heavy atom. The van der Waals surface area contributed by atoms with Crippen LogP contribution in [-0.4, -0.2) is 52.2 Å². The van der Waals surface area contributed by atoms with Crippen LogP contribution >= 0.6 is 23.7 Å². The van der Waals surface area contributed by atoms with E-state index in [0.717, 1.165) is 28.1 Å². The number of aromatic nitrogens is 1. The lowest BCUT2D eigenvalue weighted by atomic mass is 10.1. The molecule has 0 unspecified atom stereocenters. The van der Waals surface area contributed by atoms with Gasteiger partial charge < -0.3 is 14.7 Å². The van der Waals surface area contributed by atoms with E-state index in [-0.39, 0.29) is 24.6 Å². The molecule has 1 atom stereocenters. The SMILES string of the molecule is CSc1cc2c(cc1OCc1ccncc1C(=O)O)SN(C)[C@H](CCC(C)(F)F)CN2c1ccccc1. The van der Waals surface area contributed by atoms with E-state index < -0.39 is 11.9 Å². The standard InChI is InChI=1S/C27H29F2N3O3S2/c1-27(28,29)11-9-20-16-32(19-7-5-4-6-8-19)22-13-25(36-3)23(14-24(22)37-31(20)2)35-17-18-10-12-30-15-21(18)26(33)34/h4-8,10,12-15,20H,9,11,16-17H2,1-3H3,(H,33,34)/t20-/m1/s1. The summed E-state index contributed by atoms with van der Waals surface area (Å²) in [4.78, 5) is 19.5. The number of anilines is 2. The van der Waals surface area contributed by atoms with Gasteiger partial charge in [0.05, 0.1) is 21.0 Å². The molecule has 196 valence electrons. The Hall–Kier alpha value is -2.82. The van der Waals surface area contributed by atoms with Crippen molar-refractivity contribution < 1.29 is 23.4 Å². The van der Waals surface area contributed by atoms with Gasteiger partial charge in [-0.05, 0) is 68.9 Å². The third kappa shape index (κ3) is 6.74. The highest BCUT2D eigenvalue weighted by atomic mass is 32.2. The molecule has 0 amide bonds. The molecule has 4 rings (SSSR count). The summed E-state index contributed by atoms with van der Waals surface area (Å²) in [5, 5.41) is 9.48. The lowest BCUT2D eigenvalue weighted by molar-refractivity contribution is 0.00704. The first-order valence-electron chi connectivity index (χ1n) is 11.8. The van der Waals surface area contributed by atoms with Crippen LogP contribution in [0.1, 0.15) is 35.7 Å². The van der Waals surface area contributed by atoms with E-state index in [4.69, 9.17) is 4.74 Å². The Morgan fingerprint density at radius 2 is 2.03 bits per heavy atom. The Balaban J connectivity index is 1.70. The molecule has 0 fully saturated rings. The smallest absolute Gasteiger partial charge is 0.337 e. The van der Waals surface area contributed by atoms with Gasteiger partial charge in [-0.2, -0.15) is 0 Å². The second kappa shape index (κ2) is 11.7. The predicted molar refractivity (Wildman–Crippen MR) is 144 cm³/mol. The van der Waals surface area contributed by atoms with E-state index in [9.17, 15) is 18.7 Å². The van der Waals surface area contributed by atoms with Crippen molar-refractivity contribution in [1.82, 2.24) is 9.29 Å². The number of pyridine rings is 1. The number of benzene rings is 2. The van der Waals surface area contributed by atoms with Crippen molar-refractivity contribution in [2.45, 2.75) is 48.1 Å². The fraction of sp³-hybridized carbons (Fsp3) is 0.333. The largest absolute Gasteiger partial charge is 0.488 e. The molecule has 0 bridgehead atoms. The molecular formula is C27H29F2N3O3S2. The van der Waals surface area contributed by atoms with Crippen molar-refractivity contribution in [2.75, 3.05) is 24.7 Å². The van der Waals surface area contributed by atoms with Crippen LogP contribution in [0.2, 0.25) is 0 Å². The van der Waals surface area contributed by atoms with Crippen LogP contribution in [-0.2, 0) is 6.61 Å². The van der Waals surface area contributed by atoms with Crippen molar-refractivity contribution in [3.8, 4) is 5.75 Å². The zero-order chi connectivity index (χ0) is 26.6. The number of ether oxygens (including phenoxy) is 1. The number of carbonyl (C=O) groups is 1. The lowest BCUT2D eigenvalue weighted by Crippen LogP contribution is -2.36. The number of carboxylic acids is 1. The zero-order valence-electron chi connectivity index (χ0n) is 20.9. The van der Waals surface area contributed by atoms with Gasteiger partial charge in [0.2, 0.25) is 5.92 Å². The summed E-state index contributed by atoms with van der Waals surface area (Å²) in [5.41, 5.74) is 2.58. The molecule has 37 heavy (non-hydrogen) atoms. The Labute approximate surface area is 224 Å². The van der Waals surface area contributed by atoms with Crippen LogP contribution < -0.4 is 9.64 Å². The molecule has 1 aromatic heterocycles.